The molecule has 0 bridgehead atoms. The number of carbonyl (C=O) groups is 2. The lowest BCUT2D eigenvalue weighted by atomic mass is 10.3. The Balaban J connectivity index is 2.32. The van der Waals surface area contributed by atoms with Gasteiger partial charge in [-0.25, -0.2) is 14.8 Å². The Hall–Kier alpha value is -1.84. The van der Waals surface area contributed by atoms with Crippen LogP contribution in [0.2, 0.25) is 0 Å². The Morgan fingerprint density at radius 1 is 1.47 bits per heavy atom. The summed E-state index contributed by atoms with van der Waals surface area (Å²) in [4.78, 5) is 30.4. The lowest BCUT2D eigenvalue weighted by Gasteiger charge is -2.02. The van der Waals surface area contributed by atoms with Gasteiger partial charge in [0, 0.05) is 18.5 Å². The minimum Gasteiger partial charge on any atom is -0.462 e. The Kier molecular flexibility index (Phi) is 4.20. The average Bonchev–Trinajstić information content (AvgIpc) is 2.80. The summed E-state index contributed by atoms with van der Waals surface area (Å²) in [5.41, 5.74) is 0.729. The van der Waals surface area contributed by atoms with Crippen LogP contribution in [0, 0.1) is 3.70 Å². The van der Waals surface area contributed by atoms with Gasteiger partial charge in [0.15, 0.2) is 5.82 Å². The van der Waals surface area contributed by atoms with Gasteiger partial charge in [0.2, 0.25) is 6.41 Å². The highest BCUT2D eigenvalue weighted by Gasteiger charge is 2.13. The van der Waals surface area contributed by atoms with Gasteiger partial charge in [-0.15, -0.1) is 0 Å². The zero-order valence-corrected chi connectivity index (χ0v) is 12.1. The second kappa shape index (κ2) is 5.87. The van der Waals surface area contributed by atoms with Crippen LogP contribution in [0.1, 0.15) is 17.3 Å². The first-order valence-electron chi connectivity index (χ1n) is 5.35. The van der Waals surface area contributed by atoms with Crippen molar-refractivity contribution < 1.29 is 14.3 Å². The van der Waals surface area contributed by atoms with Crippen molar-refractivity contribution >= 4 is 35.0 Å². The maximum atomic E-state index is 11.4. The second-order valence-corrected chi connectivity index (χ2v) is 4.52. The summed E-state index contributed by atoms with van der Waals surface area (Å²) in [6, 6.07) is 1.67. The first-order chi connectivity index (χ1) is 9.15. The molecule has 2 aromatic rings. The SMILES string of the molecule is CCOC(=O)c1cnc(-c2cc(I)nn2C=O)nc1. The molecule has 98 valence electrons. The van der Waals surface area contributed by atoms with E-state index >= 15 is 0 Å². The molecule has 7 nitrogen and oxygen atoms in total. The van der Waals surface area contributed by atoms with Gasteiger partial charge in [0.25, 0.3) is 0 Å². The number of ether oxygens (including phenoxy) is 1. The quantitative estimate of drug-likeness (QED) is 0.455. The van der Waals surface area contributed by atoms with Gasteiger partial charge in [-0.1, -0.05) is 0 Å². The molecule has 0 fully saturated rings. The summed E-state index contributed by atoms with van der Waals surface area (Å²) in [7, 11) is 0. The molecule has 2 rings (SSSR count). The van der Waals surface area contributed by atoms with E-state index in [9.17, 15) is 9.59 Å². The normalized spacial score (nSPS) is 10.2. The number of hydrogen-bond donors (Lipinski definition) is 0. The molecular formula is C11H9IN4O3. The van der Waals surface area contributed by atoms with Crippen LogP contribution >= 0.6 is 22.6 Å². The maximum Gasteiger partial charge on any atom is 0.341 e. The molecule has 0 aliphatic carbocycles. The van der Waals surface area contributed by atoms with E-state index < -0.39 is 5.97 Å². The van der Waals surface area contributed by atoms with Crippen LogP contribution in [-0.2, 0) is 9.53 Å². The van der Waals surface area contributed by atoms with Gasteiger partial charge in [-0.2, -0.15) is 9.78 Å². The summed E-state index contributed by atoms with van der Waals surface area (Å²) in [5, 5.41) is 3.96. The number of esters is 1. The van der Waals surface area contributed by atoms with E-state index in [1.807, 2.05) is 22.6 Å². The Bertz CT molecular complexity index is 609. The van der Waals surface area contributed by atoms with Crippen molar-refractivity contribution in [3.63, 3.8) is 0 Å². The first kappa shape index (κ1) is 13.6. The van der Waals surface area contributed by atoms with Crippen LogP contribution in [0.5, 0.6) is 0 Å². The van der Waals surface area contributed by atoms with Crippen LogP contribution in [0.25, 0.3) is 11.5 Å². The topological polar surface area (TPSA) is 87.0 Å². The number of aromatic nitrogens is 4. The fourth-order valence-corrected chi connectivity index (χ4v) is 1.92. The van der Waals surface area contributed by atoms with E-state index in [0.717, 1.165) is 4.68 Å². The molecule has 0 aliphatic heterocycles. The van der Waals surface area contributed by atoms with E-state index in [4.69, 9.17) is 4.74 Å². The molecular weight excluding hydrogens is 363 g/mol. The summed E-state index contributed by atoms with van der Waals surface area (Å²) >= 11 is 1.98. The van der Waals surface area contributed by atoms with Gasteiger partial charge in [0.1, 0.15) is 9.39 Å². The molecule has 0 atom stereocenters. The molecule has 0 radical (unpaired) electrons. The maximum absolute atomic E-state index is 11.4. The predicted octanol–water partition coefficient (Wildman–Crippen LogP) is 1.16. The van der Waals surface area contributed by atoms with Crippen LogP contribution < -0.4 is 0 Å². The summed E-state index contributed by atoms with van der Waals surface area (Å²) in [6.45, 7) is 2.01. The van der Waals surface area contributed by atoms with E-state index in [1.54, 1.807) is 13.0 Å². The molecule has 0 unspecified atom stereocenters. The summed E-state index contributed by atoms with van der Waals surface area (Å²) < 4.78 is 6.62. The van der Waals surface area contributed by atoms with Crippen molar-refractivity contribution in [1.29, 1.82) is 0 Å². The minimum absolute atomic E-state index is 0.262. The van der Waals surface area contributed by atoms with E-state index in [2.05, 4.69) is 15.1 Å². The van der Waals surface area contributed by atoms with E-state index in [1.165, 1.54) is 12.4 Å². The lowest BCUT2D eigenvalue weighted by Crippen LogP contribution is -2.07. The molecule has 8 heteroatoms. The van der Waals surface area contributed by atoms with Gasteiger partial charge in [0.05, 0.1) is 12.2 Å². The zero-order valence-electron chi connectivity index (χ0n) is 9.91. The Morgan fingerprint density at radius 3 is 2.74 bits per heavy atom. The van der Waals surface area contributed by atoms with E-state index in [0.29, 0.717) is 21.6 Å². The minimum atomic E-state index is -0.479. The number of rotatable bonds is 4. The highest BCUT2D eigenvalue weighted by Crippen LogP contribution is 2.16. The predicted molar refractivity (Wildman–Crippen MR) is 74.1 cm³/mol. The van der Waals surface area contributed by atoms with Gasteiger partial charge >= 0.3 is 5.97 Å². The molecule has 0 saturated carbocycles. The number of hydrogen-bond acceptors (Lipinski definition) is 6. The van der Waals surface area contributed by atoms with Crippen LogP contribution in [0.4, 0.5) is 0 Å². The smallest absolute Gasteiger partial charge is 0.341 e. The summed E-state index contributed by atoms with van der Waals surface area (Å²) in [5.74, 6) is -0.164. The van der Waals surface area contributed by atoms with Crippen LogP contribution in [0.3, 0.4) is 0 Å². The fourth-order valence-electron chi connectivity index (χ4n) is 1.39. The standard InChI is InChI=1S/C11H9IN4O3/c1-2-19-11(18)7-4-13-10(14-5-7)8-3-9(12)15-16(8)6-17/h3-6H,2H2,1H3. The van der Waals surface area contributed by atoms with Crippen molar-refractivity contribution in [2.75, 3.05) is 6.61 Å². The van der Waals surface area contributed by atoms with Crippen molar-refractivity contribution in [2.45, 2.75) is 6.92 Å². The van der Waals surface area contributed by atoms with E-state index in [-0.39, 0.29) is 12.2 Å². The van der Waals surface area contributed by atoms with Crippen molar-refractivity contribution in [1.82, 2.24) is 19.7 Å². The van der Waals surface area contributed by atoms with Crippen molar-refractivity contribution in [3.8, 4) is 11.5 Å². The third kappa shape index (κ3) is 2.95. The Morgan fingerprint density at radius 2 is 2.16 bits per heavy atom. The molecule has 0 aromatic carbocycles. The molecule has 0 N–H and O–H groups in total. The van der Waals surface area contributed by atoms with Gasteiger partial charge in [-0.3, -0.25) is 4.79 Å². The molecule has 0 amide bonds. The molecule has 0 saturated heterocycles. The first-order valence-corrected chi connectivity index (χ1v) is 6.43. The van der Waals surface area contributed by atoms with Gasteiger partial charge in [-0.05, 0) is 29.5 Å². The van der Waals surface area contributed by atoms with Crippen LogP contribution in [0.15, 0.2) is 18.5 Å². The van der Waals surface area contributed by atoms with Crippen LogP contribution in [-0.4, -0.2) is 38.7 Å². The van der Waals surface area contributed by atoms with Crippen molar-refractivity contribution in [3.05, 3.63) is 27.7 Å². The number of nitrogens with zero attached hydrogens (tertiary/aromatic N) is 4. The lowest BCUT2D eigenvalue weighted by molar-refractivity contribution is 0.0525. The number of carbonyl (C=O) groups excluding carboxylic acids is 2. The molecule has 0 spiro atoms. The molecule has 0 aliphatic rings. The summed E-state index contributed by atoms with van der Waals surface area (Å²) in [6.07, 6.45) is 3.28. The fraction of sp³-hybridized carbons (Fsp3) is 0.182. The third-order valence-electron chi connectivity index (χ3n) is 2.20. The Labute approximate surface area is 122 Å². The molecule has 2 aromatic heterocycles. The zero-order chi connectivity index (χ0) is 13.8. The third-order valence-corrected chi connectivity index (χ3v) is 2.72. The second-order valence-electron chi connectivity index (χ2n) is 3.42. The average molecular weight is 372 g/mol. The molecule has 2 heterocycles. The largest absolute Gasteiger partial charge is 0.462 e. The van der Waals surface area contributed by atoms with Crippen molar-refractivity contribution in [2.24, 2.45) is 0 Å². The number of halogens is 1. The van der Waals surface area contributed by atoms with Gasteiger partial charge < -0.3 is 4.74 Å². The highest BCUT2D eigenvalue weighted by atomic mass is 127. The monoisotopic (exact) mass is 372 g/mol. The molecule has 19 heavy (non-hydrogen) atoms. The highest BCUT2D eigenvalue weighted by molar-refractivity contribution is 14.1.